The molecule has 0 saturated carbocycles. The van der Waals surface area contributed by atoms with Crippen molar-refractivity contribution in [3.05, 3.63) is 0 Å². The van der Waals surface area contributed by atoms with Gasteiger partial charge in [0.25, 0.3) is 0 Å². The zero-order chi connectivity index (χ0) is 9.14. The van der Waals surface area contributed by atoms with Gasteiger partial charge in [0.1, 0.15) is 0 Å². The molecule has 1 aliphatic rings. The Balaban J connectivity index is 2.45. The maximum Gasteiger partial charge on any atom is 0.226 e. The van der Waals surface area contributed by atoms with Gasteiger partial charge in [0.05, 0.1) is 6.67 Å². The summed E-state index contributed by atoms with van der Waals surface area (Å²) in [7, 11) is 0. The lowest BCUT2D eigenvalue weighted by Gasteiger charge is -2.21. The molecular formula is C9H18N2O. The molecular weight excluding hydrogens is 152 g/mol. The molecule has 1 heterocycles. The first-order valence-electron chi connectivity index (χ1n) is 4.62. The van der Waals surface area contributed by atoms with Crippen LogP contribution in [0.5, 0.6) is 0 Å². The molecule has 1 unspecified atom stereocenters. The van der Waals surface area contributed by atoms with Gasteiger partial charge in [-0.2, -0.15) is 0 Å². The van der Waals surface area contributed by atoms with Gasteiger partial charge in [-0.15, -0.1) is 0 Å². The summed E-state index contributed by atoms with van der Waals surface area (Å²) in [4.78, 5) is 13.6. The van der Waals surface area contributed by atoms with Crippen LogP contribution in [0.25, 0.3) is 0 Å². The first kappa shape index (κ1) is 9.52. The molecule has 1 amide bonds. The van der Waals surface area contributed by atoms with Gasteiger partial charge in [-0.05, 0) is 5.92 Å². The topological polar surface area (TPSA) is 32.3 Å². The number of nitrogens with zero attached hydrogens (tertiary/aromatic N) is 1. The summed E-state index contributed by atoms with van der Waals surface area (Å²) >= 11 is 0. The second-order valence-electron chi connectivity index (χ2n) is 3.79. The minimum atomic E-state index is 0.157. The Morgan fingerprint density at radius 1 is 1.42 bits per heavy atom. The van der Waals surface area contributed by atoms with Crippen LogP contribution in [0.1, 0.15) is 20.8 Å². The molecule has 0 aromatic rings. The van der Waals surface area contributed by atoms with Gasteiger partial charge in [-0.1, -0.05) is 20.8 Å². The summed E-state index contributed by atoms with van der Waals surface area (Å²) in [5.41, 5.74) is 0. The minimum absolute atomic E-state index is 0.157. The van der Waals surface area contributed by atoms with Gasteiger partial charge >= 0.3 is 0 Å². The van der Waals surface area contributed by atoms with Crippen LogP contribution in [0.2, 0.25) is 0 Å². The highest BCUT2D eigenvalue weighted by atomic mass is 16.2. The number of hydrogen-bond donors (Lipinski definition) is 1. The SMILES string of the molecule is CC(C)C(C)C(=O)N1CCNC1. The molecule has 3 heteroatoms. The van der Waals surface area contributed by atoms with E-state index in [9.17, 15) is 4.79 Å². The first-order valence-corrected chi connectivity index (χ1v) is 4.62. The van der Waals surface area contributed by atoms with Crippen LogP contribution < -0.4 is 5.32 Å². The van der Waals surface area contributed by atoms with E-state index in [1.807, 2.05) is 11.8 Å². The highest BCUT2D eigenvalue weighted by Gasteiger charge is 2.24. The lowest BCUT2D eigenvalue weighted by Crippen LogP contribution is -2.35. The maximum absolute atomic E-state index is 11.7. The summed E-state index contributed by atoms with van der Waals surface area (Å²) in [6.45, 7) is 8.73. The van der Waals surface area contributed by atoms with Crippen LogP contribution in [-0.4, -0.2) is 30.6 Å². The number of amides is 1. The third-order valence-electron chi connectivity index (χ3n) is 2.56. The Morgan fingerprint density at radius 3 is 2.50 bits per heavy atom. The van der Waals surface area contributed by atoms with Crippen molar-refractivity contribution in [2.45, 2.75) is 20.8 Å². The molecule has 0 bridgehead atoms. The van der Waals surface area contributed by atoms with Crippen molar-refractivity contribution in [2.75, 3.05) is 19.8 Å². The fourth-order valence-corrected chi connectivity index (χ4v) is 1.27. The van der Waals surface area contributed by atoms with Crippen LogP contribution in [0.3, 0.4) is 0 Å². The number of rotatable bonds is 2. The molecule has 1 N–H and O–H groups in total. The van der Waals surface area contributed by atoms with E-state index in [0.29, 0.717) is 5.92 Å². The zero-order valence-electron chi connectivity index (χ0n) is 8.13. The summed E-state index contributed by atoms with van der Waals surface area (Å²) in [6, 6.07) is 0. The van der Waals surface area contributed by atoms with Crippen molar-refractivity contribution in [3.63, 3.8) is 0 Å². The van der Waals surface area contributed by atoms with Crippen molar-refractivity contribution in [3.8, 4) is 0 Å². The molecule has 0 radical (unpaired) electrons. The highest BCUT2D eigenvalue weighted by Crippen LogP contribution is 2.13. The van der Waals surface area contributed by atoms with E-state index < -0.39 is 0 Å². The molecule has 12 heavy (non-hydrogen) atoms. The predicted molar refractivity (Wildman–Crippen MR) is 48.6 cm³/mol. The highest BCUT2D eigenvalue weighted by molar-refractivity contribution is 5.78. The van der Waals surface area contributed by atoms with Crippen molar-refractivity contribution < 1.29 is 4.79 Å². The van der Waals surface area contributed by atoms with Gasteiger partial charge in [-0.25, -0.2) is 0 Å². The molecule has 1 fully saturated rings. The van der Waals surface area contributed by atoms with E-state index in [2.05, 4.69) is 19.2 Å². The summed E-state index contributed by atoms with van der Waals surface area (Å²) in [6.07, 6.45) is 0. The van der Waals surface area contributed by atoms with Gasteiger partial charge in [0.2, 0.25) is 5.91 Å². The molecule has 0 aliphatic carbocycles. The van der Waals surface area contributed by atoms with Gasteiger partial charge in [-0.3, -0.25) is 10.1 Å². The fourth-order valence-electron chi connectivity index (χ4n) is 1.27. The summed E-state index contributed by atoms with van der Waals surface area (Å²) in [5.74, 6) is 0.887. The van der Waals surface area contributed by atoms with Gasteiger partial charge in [0, 0.05) is 19.0 Å². The normalized spacial score (nSPS) is 20.2. The molecule has 70 valence electrons. The van der Waals surface area contributed by atoms with Crippen molar-refractivity contribution in [1.82, 2.24) is 10.2 Å². The summed E-state index contributed by atoms with van der Waals surface area (Å²) in [5, 5.41) is 3.15. The minimum Gasteiger partial charge on any atom is -0.328 e. The van der Waals surface area contributed by atoms with Crippen molar-refractivity contribution in [1.29, 1.82) is 0 Å². The lowest BCUT2D eigenvalue weighted by molar-refractivity contribution is -0.135. The monoisotopic (exact) mass is 170 g/mol. The smallest absolute Gasteiger partial charge is 0.226 e. The number of carbonyl (C=O) groups excluding carboxylic acids is 1. The van der Waals surface area contributed by atoms with Crippen LogP contribution >= 0.6 is 0 Å². The van der Waals surface area contributed by atoms with Crippen LogP contribution in [-0.2, 0) is 4.79 Å². The number of carbonyl (C=O) groups is 1. The largest absolute Gasteiger partial charge is 0.328 e. The van der Waals surface area contributed by atoms with E-state index in [4.69, 9.17) is 0 Å². The Hall–Kier alpha value is -0.570. The Morgan fingerprint density at radius 2 is 2.08 bits per heavy atom. The van der Waals surface area contributed by atoms with E-state index >= 15 is 0 Å². The Bertz CT molecular complexity index is 158. The van der Waals surface area contributed by atoms with Crippen molar-refractivity contribution in [2.24, 2.45) is 11.8 Å². The molecule has 0 spiro atoms. The van der Waals surface area contributed by atoms with Crippen LogP contribution in [0.15, 0.2) is 0 Å². The van der Waals surface area contributed by atoms with Crippen LogP contribution in [0.4, 0.5) is 0 Å². The zero-order valence-corrected chi connectivity index (χ0v) is 8.13. The molecule has 1 atom stereocenters. The van der Waals surface area contributed by atoms with E-state index in [1.54, 1.807) is 0 Å². The predicted octanol–water partition coefficient (Wildman–Crippen LogP) is 0.668. The Labute approximate surface area is 74.1 Å². The Kier molecular flexibility index (Phi) is 3.09. The van der Waals surface area contributed by atoms with Crippen molar-refractivity contribution >= 4 is 5.91 Å². The van der Waals surface area contributed by atoms with Gasteiger partial charge < -0.3 is 4.90 Å². The maximum atomic E-state index is 11.7. The average Bonchev–Trinajstić information content (AvgIpc) is 2.53. The number of nitrogens with one attached hydrogen (secondary N) is 1. The third-order valence-corrected chi connectivity index (χ3v) is 2.56. The first-order chi connectivity index (χ1) is 5.63. The third kappa shape index (κ3) is 1.97. The molecule has 3 nitrogen and oxygen atoms in total. The van der Waals surface area contributed by atoms with Gasteiger partial charge in [0.15, 0.2) is 0 Å². The van der Waals surface area contributed by atoms with E-state index in [-0.39, 0.29) is 11.8 Å². The molecule has 1 rings (SSSR count). The average molecular weight is 170 g/mol. The number of hydrogen-bond acceptors (Lipinski definition) is 2. The second-order valence-corrected chi connectivity index (χ2v) is 3.79. The van der Waals surface area contributed by atoms with Crippen LogP contribution in [0, 0.1) is 11.8 Å². The molecule has 1 saturated heterocycles. The quantitative estimate of drug-likeness (QED) is 0.660. The molecule has 1 aliphatic heterocycles. The van der Waals surface area contributed by atoms with E-state index in [0.717, 1.165) is 19.8 Å². The summed E-state index contributed by atoms with van der Waals surface area (Å²) < 4.78 is 0. The lowest BCUT2D eigenvalue weighted by atomic mass is 9.97. The molecule has 0 aromatic carbocycles. The second kappa shape index (κ2) is 3.90. The fraction of sp³-hybridized carbons (Fsp3) is 0.889. The molecule has 0 aromatic heterocycles. The standard InChI is InChI=1S/C9H18N2O/c1-7(2)8(3)9(12)11-5-4-10-6-11/h7-8,10H,4-6H2,1-3H3. The van der Waals surface area contributed by atoms with E-state index in [1.165, 1.54) is 0 Å².